The summed E-state index contributed by atoms with van der Waals surface area (Å²) < 4.78 is 33.1. The first-order valence-electron chi connectivity index (χ1n) is 5.65. The minimum absolute atomic E-state index is 0.00467. The Balaban J connectivity index is 2.17. The van der Waals surface area contributed by atoms with Crippen LogP contribution in [0.4, 0.5) is 5.69 Å². The third kappa shape index (κ3) is 3.55. The quantitative estimate of drug-likeness (QED) is 0.837. The van der Waals surface area contributed by atoms with Crippen molar-refractivity contribution in [3.8, 4) is 17.2 Å². The van der Waals surface area contributed by atoms with E-state index in [4.69, 9.17) is 19.2 Å². The lowest BCUT2D eigenvalue weighted by Gasteiger charge is -2.10. The maximum atomic E-state index is 11.8. The van der Waals surface area contributed by atoms with Crippen LogP contribution in [0.15, 0.2) is 42.5 Å². The molecule has 106 valence electrons. The normalized spacial score (nSPS) is 11.1. The number of nitrogens with two attached hydrogens (primary N) is 1. The van der Waals surface area contributed by atoms with Crippen LogP contribution in [0.1, 0.15) is 5.56 Å². The SMILES string of the molecule is Cc1cc(N)ccc1OS(=O)(=O)Oc1ccc(O)cc1. The summed E-state index contributed by atoms with van der Waals surface area (Å²) in [6.45, 7) is 1.67. The standard InChI is InChI=1S/C13H13NO5S/c1-9-8-10(14)2-7-13(9)19-20(16,17)18-12-5-3-11(15)4-6-12/h2-8,15H,14H2,1H3. The van der Waals surface area contributed by atoms with Crippen molar-refractivity contribution in [3.63, 3.8) is 0 Å². The van der Waals surface area contributed by atoms with Crippen LogP contribution in [0.2, 0.25) is 0 Å². The van der Waals surface area contributed by atoms with Crippen molar-refractivity contribution in [3.05, 3.63) is 48.0 Å². The molecule has 7 heteroatoms. The van der Waals surface area contributed by atoms with E-state index in [2.05, 4.69) is 0 Å². The van der Waals surface area contributed by atoms with Crippen LogP contribution in [0, 0.1) is 6.92 Å². The monoisotopic (exact) mass is 295 g/mol. The molecule has 6 nitrogen and oxygen atoms in total. The third-order valence-electron chi connectivity index (χ3n) is 2.43. The van der Waals surface area contributed by atoms with Crippen molar-refractivity contribution < 1.29 is 21.9 Å². The number of phenols is 1. The molecule has 0 saturated heterocycles. The van der Waals surface area contributed by atoms with E-state index in [9.17, 15) is 8.42 Å². The molecule has 0 spiro atoms. The number of aromatic hydroxyl groups is 1. The number of aryl methyl sites for hydroxylation is 1. The van der Waals surface area contributed by atoms with E-state index in [1.807, 2.05) is 0 Å². The van der Waals surface area contributed by atoms with Gasteiger partial charge in [0.05, 0.1) is 0 Å². The van der Waals surface area contributed by atoms with Gasteiger partial charge in [-0.1, -0.05) is 0 Å². The number of hydrogen-bond donors (Lipinski definition) is 2. The number of anilines is 1. The Kier molecular flexibility index (Phi) is 3.71. The minimum atomic E-state index is -4.26. The molecule has 0 saturated carbocycles. The van der Waals surface area contributed by atoms with Crippen LogP contribution in [0.5, 0.6) is 17.2 Å². The summed E-state index contributed by atoms with van der Waals surface area (Å²) in [6.07, 6.45) is 0. The fourth-order valence-corrected chi connectivity index (χ4v) is 2.30. The highest BCUT2D eigenvalue weighted by Crippen LogP contribution is 2.23. The third-order valence-corrected chi connectivity index (χ3v) is 3.21. The lowest BCUT2D eigenvalue weighted by atomic mass is 10.2. The Hall–Kier alpha value is -2.41. The molecule has 0 unspecified atom stereocenters. The van der Waals surface area contributed by atoms with E-state index in [0.717, 1.165) is 0 Å². The van der Waals surface area contributed by atoms with Crippen molar-refractivity contribution in [1.29, 1.82) is 0 Å². The maximum absolute atomic E-state index is 11.8. The lowest BCUT2D eigenvalue weighted by molar-refractivity contribution is 0.390. The van der Waals surface area contributed by atoms with Crippen LogP contribution in [-0.4, -0.2) is 13.5 Å². The molecular weight excluding hydrogens is 282 g/mol. The molecule has 0 amide bonds. The summed E-state index contributed by atoms with van der Waals surface area (Å²) in [5.74, 6) is 0.180. The predicted molar refractivity (Wildman–Crippen MR) is 73.9 cm³/mol. The Morgan fingerprint density at radius 1 is 1.05 bits per heavy atom. The van der Waals surface area contributed by atoms with Crippen molar-refractivity contribution in [2.24, 2.45) is 0 Å². The molecule has 0 radical (unpaired) electrons. The molecule has 2 aromatic carbocycles. The van der Waals surface area contributed by atoms with Crippen LogP contribution < -0.4 is 14.1 Å². The highest BCUT2D eigenvalue weighted by molar-refractivity contribution is 7.82. The highest BCUT2D eigenvalue weighted by atomic mass is 32.3. The molecule has 0 aliphatic heterocycles. The van der Waals surface area contributed by atoms with E-state index in [-0.39, 0.29) is 17.2 Å². The Labute approximate surface area is 116 Å². The number of benzene rings is 2. The van der Waals surface area contributed by atoms with Gasteiger partial charge in [0.25, 0.3) is 0 Å². The zero-order valence-electron chi connectivity index (χ0n) is 10.6. The van der Waals surface area contributed by atoms with Gasteiger partial charge < -0.3 is 19.2 Å². The molecule has 3 N–H and O–H groups in total. The summed E-state index contributed by atoms with van der Waals surface area (Å²) in [6, 6.07) is 9.79. The van der Waals surface area contributed by atoms with Gasteiger partial charge in [0, 0.05) is 5.69 Å². The second kappa shape index (κ2) is 5.30. The van der Waals surface area contributed by atoms with Gasteiger partial charge in [-0.15, -0.1) is 8.42 Å². The molecule has 2 aromatic rings. The zero-order chi connectivity index (χ0) is 14.8. The van der Waals surface area contributed by atoms with Gasteiger partial charge >= 0.3 is 10.4 Å². The molecule has 0 aliphatic rings. The number of phenolic OH excluding ortho intramolecular Hbond substituents is 1. The van der Waals surface area contributed by atoms with Crippen molar-refractivity contribution in [2.75, 3.05) is 5.73 Å². The van der Waals surface area contributed by atoms with E-state index in [1.54, 1.807) is 13.0 Å². The zero-order valence-corrected chi connectivity index (χ0v) is 11.4. The van der Waals surface area contributed by atoms with E-state index in [1.165, 1.54) is 36.4 Å². The number of rotatable bonds is 4. The van der Waals surface area contributed by atoms with E-state index >= 15 is 0 Å². The van der Waals surface area contributed by atoms with Crippen LogP contribution in [0.3, 0.4) is 0 Å². The average molecular weight is 295 g/mol. The summed E-state index contributed by atoms with van der Waals surface area (Å²) in [4.78, 5) is 0. The summed E-state index contributed by atoms with van der Waals surface area (Å²) in [5, 5.41) is 9.10. The average Bonchev–Trinajstić information content (AvgIpc) is 2.35. The van der Waals surface area contributed by atoms with Crippen molar-refractivity contribution in [2.45, 2.75) is 6.92 Å². The first-order chi connectivity index (χ1) is 9.35. The van der Waals surface area contributed by atoms with Crippen molar-refractivity contribution in [1.82, 2.24) is 0 Å². The van der Waals surface area contributed by atoms with Gasteiger partial charge in [-0.25, -0.2) is 0 Å². The van der Waals surface area contributed by atoms with Gasteiger partial charge in [0.15, 0.2) is 0 Å². The molecule has 0 aromatic heterocycles. The van der Waals surface area contributed by atoms with Crippen LogP contribution in [-0.2, 0) is 10.4 Å². The topological polar surface area (TPSA) is 98.9 Å². The highest BCUT2D eigenvalue weighted by Gasteiger charge is 2.17. The molecular formula is C13H13NO5S. The van der Waals surface area contributed by atoms with Gasteiger partial charge in [-0.2, -0.15) is 0 Å². The molecule has 0 bridgehead atoms. The van der Waals surface area contributed by atoms with E-state index in [0.29, 0.717) is 11.3 Å². The second-order valence-electron chi connectivity index (χ2n) is 4.09. The fourth-order valence-electron chi connectivity index (χ4n) is 1.51. The Morgan fingerprint density at radius 2 is 1.70 bits per heavy atom. The van der Waals surface area contributed by atoms with E-state index < -0.39 is 10.4 Å². The number of nitrogen functional groups attached to an aromatic ring is 1. The summed E-state index contributed by atoms with van der Waals surface area (Å²) >= 11 is 0. The van der Waals surface area contributed by atoms with Crippen LogP contribution in [0.25, 0.3) is 0 Å². The molecule has 0 fully saturated rings. The first kappa shape index (κ1) is 14.0. The Bertz CT molecular complexity index is 710. The predicted octanol–water partition coefficient (Wildman–Crippen LogP) is 1.99. The van der Waals surface area contributed by atoms with Gasteiger partial charge in [0.1, 0.15) is 17.2 Å². The van der Waals surface area contributed by atoms with Crippen LogP contribution >= 0.6 is 0 Å². The van der Waals surface area contributed by atoms with Gasteiger partial charge in [0.2, 0.25) is 0 Å². The molecule has 0 heterocycles. The smallest absolute Gasteiger partial charge is 0.500 e. The van der Waals surface area contributed by atoms with Gasteiger partial charge in [-0.05, 0) is 55.0 Å². The van der Waals surface area contributed by atoms with Gasteiger partial charge in [-0.3, -0.25) is 0 Å². The lowest BCUT2D eigenvalue weighted by Crippen LogP contribution is -2.17. The minimum Gasteiger partial charge on any atom is -0.508 e. The summed E-state index contributed by atoms with van der Waals surface area (Å²) in [7, 11) is -4.26. The first-order valence-corrected chi connectivity index (χ1v) is 6.98. The maximum Gasteiger partial charge on any atom is 0.500 e. The Morgan fingerprint density at radius 3 is 2.30 bits per heavy atom. The molecule has 20 heavy (non-hydrogen) atoms. The van der Waals surface area contributed by atoms with Crippen molar-refractivity contribution >= 4 is 16.1 Å². The number of hydrogen-bond acceptors (Lipinski definition) is 6. The molecule has 2 rings (SSSR count). The fraction of sp³-hybridized carbons (Fsp3) is 0.0769. The molecule has 0 atom stereocenters. The second-order valence-corrected chi connectivity index (χ2v) is 5.24. The molecule has 0 aliphatic carbocycles. The summed E-state index contributed by atoms with van der Waals surface area (Å²) in [5.41, 5.74) is 6.65. The largest absolute Gasteiger partial charge is 0.508 e.